The molecule has 1 aliphatic rings. The van der Waals surface area contributed by atoms with Gasteiger partial charge >= 0.3 is 12.1 Å². The first-order valence-corrected chi connectivity index (χ1v) is 11.6. The summed E-state index contributed by atoms with van der Waals surface area (Å²) in [4.78, 5) is 26.4. The molecule has 2 aromatic carbocycles. The van der Waals surface area contributed by atoms with Crippen molar-refractivity contribution in [3.05, 3.63) is 48.0 Å². The predicted octanol–water partition coefficient (Wildman–Crippen LogP) is 4.02. The molecule has 2 atom stereocenters. The van der Waals surface area contributed by atoms with Gasteiger partial charge < -0.3 is 10.0 Å². The number of fused-ring (bicyclic) bond motifs is 1. The van der Waals surface area contributed by atoms with Crippen molar-refractivity contribution in [2.24, 2.45) is 5.92 Å². The summed E-state index contributed by atoms with van der Waals surface area (Å²) in [6.07, 6.45) is -3.54. The van der Waals surface area contributed by atoms with Gasteiger partial charge in [-0.05, 0) is 54.0 Å². The first-order valence-electron chi connectivity index (χ1n) is 11.6. The van der Waals surface area contributed by atoms with Gasteiger partial charge in [0.1, 0.15) is 6.04 Å². The predicted molar refractivity (Wildman–Crippen MR) is 123 cm³/mol. The summed E-state index contributed by atoms with van der Waals surface area (Å²) in [6.45, 7) is 3.91. The van der Waals surface area contributed by atoms with Crippen LogP contribution >= 0.6 is 0 Å². The lowest BCUT2D eigenvalue weighted by Gasteiger charge is -2.34. The number of halogens is 3. The fourth-order valence-corrected chi connectivity index (χ4v) is 4.29. The van der Waals surface area contributed by atoms with E-state index in [1.165, 1.54) is 0 Å². The van der Waals surface area contributed by atoms with Gasteiger partial charge in [-0.3, -0.25) is 15.0 Å². The van der Waals surface area contributed by atoms with Crippen LogP contribution < -0.4 is 5.43 Å². The number of benzene rings is 2. The molecule has 6 nitrogen and oxygen atoms in total. The van der Waals surface area contributed by atoms with Crippen molar-refractivity contribution in [1.82, 2.24) is 15.3 Å². The van der Waals surface area contributed by atoms with Crippen LogP contribution in [0.2, 0.25) is 0 Å². The summed E-state index contributed by atoms with van der Waals surface area (Å²) < 4.78 is 40.8. The Morgan fingerprint density at radius 3 is 2.53 bits per heavy atom. The first kappa shape index (κ1) is 26.0. The number of rotatable bonds is 7. The molecule has 1 aliphatic heterocycles. The van der Waals surface area contributed by atoms with Crippen LogP contribution in [0.1, 0.15) is 45.1 Å². The Labute approximate surface area is 197 Å². The smallest absolute Gasteiger partial charge is 0.392 e. The normalized spacial score (nSPS) is 18.5. The van der Waals surface area contributed by atoms with E-state index in [4.69, 9.17) is 0 Å². The number of nitrogens with zero attached hydrogens (tertiary/aromatic N) is 2. The third-order valence-electron chi connectivity index (χ3n) is 5.96. The molecule has 1 unspecified atom stereocenters. The molecular formula is C25H32F3N3O3. The van der Waals surface area contributed by atoms with Crippen LogP contribution in [0.5, 0.6) is 0 Å². The van der Waals surface area contributed by atoms with Crippen molar-refractivity contribution < 1.29 is 27.9 Å². The monoisotopic (exact) mass is 479 g/mol. The molecule has 0 radical (unpaired) electrons. The maximum absolute atomic E-state index is 13.6. The van der Waals surface area contributed by atoms with E-state index in [-0.39, 0.29) is 25.4 Å². The number of alkyl halides is 3. The SMILES string of the molecule is CC(C)C[C@@H](C(=O)NN1CCCCC(O)C1)N(Cc1ccc2ccccc2c1)C(=O)C(F)(F)F. The van der Waals surface area contributed by atoms with Gasteiger partial charge in [0.25, 0.3) is 5.91 Å². The van der Waals surface area contributed by atoms with E-state index in [0.29, 0.717) is 23.4 Å². The molecule has 0 bridgehead atoms. The zero-order valence-electron chi connectivity index (χ0n) is 19.5. The second-order valence-electron chi connectivity index (χ2n) is 9.33. The van der Waals surface area contributed by atoms with Crippen molar-refractivity contribution in [1.29, 1.82) is 0 Å². The summed E-state index contributed by atoms with van der Waals surface area (Å²) in [5.41, 5.74) is 3.17. The molecule has 0 spiro atoms. The second kappa shape index (κ2) is 11.2. The van der Waals surface area contributed by atoms with Crippen LogP contribution in [0, 0.1) is 5.92 Å². The van der Waals surface area contributed by atoms with E-state index >= 15 is 0 Å². The molecule has 9 heteroatoms. The van der Waals surface area contributed by atoms with E-state index in [0.717, 1.165) is 23.6 Å². The Morgan fingerprint density at radius 2 is 1.85 bits per heavy atom. The minimum atomic E-state index is -5.12. The number of amides is 2. The highest BCUT2D eigenvalue weighted by molar-refractivity contribution is 5.90. The summed E-state index contributed by atoms with van der Waals surface area (Å²) in [5.74, 6) is -2.86. The number of β-amino-alcohol motifs (C(OH)–C–C–N with tert-alkyl or cyclic N) is 1. The highest BCUT2D eigenvalue weighted by Gasteiger charge is 2.46. The number of aliphatic hydroxyl groups is 1. The number of nitrogens with one attached hydrogen (secondary N) is 1. The fraction of sp³-hybridized carbons (Fsp3) is 0.520. The lowest BCUT2D eigenvalue weighted by Crippen LogP contribution is -2.57. The summed E-state index contributed by atoms with van der Waals surface area (Å²) in [6, 6.07) is 11.3. The highest BCUT2D eigenvalue weighted by Crippen LogP contribution is 2.26. The molecule has 0 aliphatic carbocycles. The van der Waals surface area contributed by atoms with E-state index in [2.05, 4.69) is 5.43 Å². The van der Waals surface area contributed by atoms with Crippen molar-refractivity contribution >= 4 is 22.6 Å². The average Bonchev–Trinajstić information content (AvgIpc) is 2.98. The van der Waals surface area contributed by atoms with Gasteiger partial charge in [-0.15, -0.1) is 0 Å². The third-order valence-corrected chi connectivity index (χ3v) is 5.96. The number of carbonyl (C=O) groups excluding carboxylic acids is 2. The molecule has 34 heavy (non-hydrogen) atoms. The molecule has 0 saturated carbocycles. The number of hydrogen-bond donors (Lipinski definition) is 2. The second-order valence-corrected chi connectivity index (χ2v) is 9.33. The van der Waals surface area contributed by atoms with Crippen LogP contribution in [-0.2, 0) is 16.1 Å². The number of aliphatic hydroxyl groups excluding tert-OH is 1. The quantitative estimate of drug-likeness (QED) is 0.629. The van der Waals surface area contributed by atoms with Crippen LogP contribution in [-0.4, -0.2) is 58.2 Å². The van der Waals surface area contributed by atoms with Gasteiger partial charge in [0.15, 0.2) is 0 Å². The molecule has 2 amide bonds. The summed E-state index contributed by atoms with van der Waals surface area (Å²) in [7, 11) is 0. The molecule has 1 fully saturated rings. The Kier molecular flexibility index (Phi) is 8.54. The lowest BCUT2D eigenvalue weighted by atomic mass is 10.00. The van der Waals surface area contributed by atoms with E-state index < -0.39 is 30.1 Å². The average molecular weight is 480 g/mol. The zero-order chi connectivity index (χ0) is 24.9. The Balaban J connectivity index is 1.91. The van der Waals surface area contributed by atoms with Crippen molar-refractivity contribution in [2.75, 3.05) is 13.1 Å². The van der Waals surface area contributed by atoms with Crippen LogP contribution in [0.3, 0.4) is 0 Å². The van der Waals surface area contributed by atoms with Gasteiger partial charge in [0.2, 0.25) is 0 Å². The number of hydrogen-bond acceptors (Lipinski definition) is 4. The van der Waals surface area contributed by atoms with Crippen LogP contribution in [0.25, 0.3) is 10.8 Å². The maximum Gasteiger partial charge on any atom is 0.471 e. The number of carbonyl (C=O) groups is 2. The Hall–Kier alpha value is -2.65. The minimum Gasteiger partial charge on any atom is -0.392 e. The Morgan fingerprint density at radius 1 is 1.15 bits per heavy atom. The minimum absolute atomic E-state index is 0.0671. The largest absolute Gasteiger partial charge is 0.471 e. The van der Waals surface area contributed by atoms with Crippen LogP contribution in [0.15, 0.2) is 42.5 Å². The van der Waals surface area contributed by atoms with Gasteiger partial charge in [0.05, 0.1) is 6.10 Å². The lowest BCUT2D eigenvalue weighted by molar-refractivity contribution is -0.190. The molecule has 1 saturated heterocycles. The van der Waals surface area contributed by atoms with Crippen LogP contribution in [0.4, 0.5) is 13.2 Å². The fourth-order valence-electron chi connectivity index (χ4n) is 4.29. The van der Waals surface area contributed by atoms with Gasteiger partial charge in [-0.25, -0.2) is 5.01 Å². The highest BCUT2D eigenvalue weighted by atomic mass is 19.4. The first-order chi connectivity index (χ1) is 16.0. The van der Waals surface area contributed by atoms with Gasteiger partial charge in [-0.1, -0.05) is 50.2 Å². The van der Waals surface area contributed by atoms with Crippen molar-refractivity contribution in [2.45, 2.75) is 64.4 Å². The molecular weight excluding hydrogens is 447 g/mol. The van der Waals surface area contributed by atoms with Gasteiger partial charge in [-0.2, -0.15) is 13.2 Å². The summed E-state index contributed by atoms with van der Waals surface area (Å²) in [5, 5.41) is 13.3. The Bertz CT molecular complexity index is 996. The number of hydrazine groups is 1. The van der Waals surface area contributed by atoms with E-state index in [1.54, 1.807) is 37.1 Å². The standard InChI is InChI=1S/C25H32F3N3O3/c1-17(2)13-22(23(33)29-30-12-6-5-9-21(32)16-30)31(24(34)25(26,27)28)15-18-10-11-19-7-3-4-8-20(19)14-18/h3-4,7-8,10-11,14,17,21-22,32H,5-6,9,12-13,15-16H2,1-2H3,(H,29,33)/t21?,22-/m0/s1. The molecule has 1 heterocycles. The molecule has 3 rings (SSSR count). The molecule has 0 aromatic heterocycles. The topological polar surface area (TPSA) is 72.9 Å². The zero-order valence-corrected chi connectivity index (χ0v) is 19.5. The van der Waals surface area contributed by atoms with E-state index in [1.807, 2.05) is 24.3 Å². The van der Waals surface area contributed by atoms with Crippen molar-refractivity contribution in [3.63, 3.8) is 0 Å². The molecule has 2 aromatic rings. The third kappa shape index (κ3) is 6.93. The molecule has 186 valence electrons. The maximum atomic E-state index is 13.6. The van der Waals surface area contributed by atoms with Gasteiger partial charge in [0, 0.05) is 19.6 Å². The summed E-state index contributed by atoms with van der Waals surface area (Å²) >= 11 is 0. The van der Waals surface area contributed by atoms with E-state index in [9.17, 15) is 27.9 Å². The van der Waals surface area contributed by atoms with Crippen molar-refractivity contribution in [3.8, 4) is 0 Å². The molecule has 2 N–H and O–H groups in total.